The Balaban J connectivity index is 1.47. The van der Waals surface area contributed by atoms with E-state index >= 15 is 0 Å². The van der Waals surface area contributed by atoms with E-state index in [0.717, 1.165) is 24.2 Å². The molecule has 2 amide bonds. The van der Waals surface area contributed by atoms with E-state index in [0.29, 0.717) is 17.9 Å². The van der Waals surface area contributed by atoms with Crippen molar-refractivity contribution < 1.29 is 19.1 Å². The van der Waals surface area contributed by atoms with Crippen LogP contribution in [0.5, 0.6) is 0 Å². The van der Waals surface area contributed by atoms with Crippen LogP contribution < -0.4 is 5.32 Å². The van der Waals surface area contributed by atoms with Crippen LogP contribution in [0, 0.1) is 0 Å². The Hall–Kier alpha value is -2.16. The highest BCUT2D eigenvalue weighted by Gasteiger charge is 2.45. The van der Waals surface area contributed by atoms with Gasteiger partial charge in [-0.1, -0.05) is 30.3 Å². The first-order chi connectivity index (χ1) is 14.6. The van der Waals surface area contributed by atoms with E-state index < -0.39 is 12.1 Å². The summed E-state index contributed by atoms with van der Waals surface area (Å²) in [5, 5.41) is 6.50. The second-order valence-electron chi connectivity index (χ2n) is 7.47. The van der Waals surface area contributed by atoms with Gasteiger partial charge in [0.15, 0.2) is 5.78 Å². The van der Waals surface area contributed by atoms with Crippen LogP contribution >= 0.6 is 23.1 Å². The summed E-state index contributed by atoms with van der Waals surface area (Å²) in [6.07, 6.45) is 1.36. The zero-order valence-corrected chi connectivity index (χ0v) is 18.1. The number of hydrogen-bond acceptors (Lipinski definition) is 6. The summed E-state index contributed by atoms with van der Waals surface area (Å²) >= 11 is 3.03. The molecule has 0 saturated carbocycles. The lowest BCUT2D eigenvalue weighted by Gasteiger charge is -2.37. The molecule has 0 bridgehead atoms. The molecular weight excluding hydrogens is 420 g/mol. The predicted octanol–water partition coefficient (Wildman–Crippen LogP) is 2.74. The summed E-state index contributed by atoms with van der Waals surface area (Å²) in [6, 6.07) is 10.5. The second kappa shape index (κ2) is 9.76. The third kappa shape index (κ3) is 4.77. The second-order valence-corrected chi connectivity index (χ2v) is 9.28. The minimum atomic E-state index is -0.696. The van der Waals surface area contributed by atoms with Gasteiger partial charge in [0.25, 0.3) is 5.91 Å². The number of fused-ring (bicyclic) bond motifs is 1. The molecule has 0 radical (unpaired) electrons. The van der Waals surface area contributed by atoms with E-state index in [1.165, 1.54) is 11.3 Å². The molecule has 0 aliphatic carbocycles. The normalized spacial score (nSPS) is 21.9. The van der Waals surface area contributed by atoms with Crippen LogP contribution in [-0.4, -0.2) is 59.6 Å². The molecule has 3 atom stereocenters. The minimum Gasteiger partial charge on any atom is -0.368 e. The number of thiophene rings is 1. The molecule has 2 aromatic rings. The van der Waals surface area contributed by atoms with E-state index in [-0.39, 0.29) is 30.3 Å². The van der Waals surface area contributed by atoms with Gasteiger partial charge >= 0.3 is 0 Å². The van der Waals surface area contributed by atoms with E-state index in [9.17, 15) is 14.4 Å². The largest absolute Gasteiger partial charge is 0.368 e. The maximum atomic E-state index is 13.4. The first kappa shape index (κ1) is 21.1. The number of ether oxygens (including phenoxy) is 1. The molecule has 1 N–H and O–H groups in total. The topological polar surface area (TPSA) is 75.7 Å². The van der Waals surface area contributed by atoms with Crippen LogP contribution in [0.3, 0.4) is 0 Å². The number of thioether (sulfide) groups is 1. The molecule has 0 spiro atoms. The molecule has 2 saturated heterocycles. The summed E-state index contributed by atoms with van der Waals surface area (Å²) in [4.78, 5) is 40.1. The maximum absolute atomic E-state index is 13.4. The molecule has 6 nitrogen and oxygen atoms in total. The summed E-state index contributed by atoms with van der Waals surface area (Å²) in [7, 11) is 0. The standard InChI is InChI=1S/C22H24N2O4S2/c25-18-11-28-19-7-4-9-24(20(18)19)22(27)17(23-21(26)16-8-10-29-13-16)14-30-12-15-5-2-1-3-6-15/h1-3,5-6,8,10,13,17,19-20H,4,7,9,11-12,14H2,(H,23,26). The van der Waals surface area contributed by atoms with E-state index in [4.69, 9.17) is 4.74 Å². The Morgan fingerprint density at radius 3 is 2.87 bits per heavy atom. The van der Waals surface area contributed by atoms with Crippen molar-refractivity contribution in [2.45, 2.75) is 36.8 Å². The van der Waals surface area contributed by atoms with Crippen LogP contribution in [0.25, 0.3) is 0 Å². The Kier molecular flexibility index (Phi) is 6.86. The highest BCUT2D eigenvalue weighted by Crippen LogP contribution is 2.27. The predicted molar refractivity (Wildman–Crippen MR) is 118 cm³/mol. The molecule has 8 heteroatoms. The number of likely N-dealkylation sites (tertiary alicyclic amines) is 1. The number of nitrogens with one attached hydrogen (secondary N) is 1. The van der Waals surface area contributed by atoms with Crippen LogP contribution in [0.15, 0.2) is 47.2 Å². The molecule has 1 aromatic heterocycles. The highest BCUT2D eigenvalue weighted by molar-refractivity contribution is 7.98. The molecule has 158 valence electrons. The van der Waals surface area contributed by atoms with Crippen LogP contribution in [0.2, 0.25) is 0 Å². The van der Waals surface area contributed by atoms with Gasteiger partial charge in [-0.2, -0.15) is 23.1 Å². The molecule has 2 aliphatic heterocycles. The monoisotopic (exact) mass is 444 g/mol. The first-order valence-electron chi connectivity index (χ1n) is 10.0. The number of Topliss-reactive ketones (excluding diaryl/α,β-unsaturated/α-hetero) is 1. The summed E-state index contributed by atoms with van der Waals surface area (Å²) in [5.41, 5.74) is 1.71. The van der Waals surface area contributed by atoms with Crippen molar-refractivity contribution >= 4 is 40.7 Å². The van der Waals surface area contributed by atoms with Gasteiger partial charge in [0, 0.05) is 23.4 Å². The maximum Gasteiger partial charge on any atom is 0.252 e. The number of carbonyl (C=O) groups is 3. The fourth-order valence-electron chi connectivity index (χ4n) is 3.92. The SMILES string of the molecule is O=C(NC(CSCc1ccccc1)C(=O)N1CCCC2OCC(=O)C21)c1ccsc1. The smallest absolute Gasteiger partial charge is 0.252 e. The molecule has 2 fully saturated rings. The number of ketones is 1. The van der Waals surface area contributed by atoms with Gasteiger partial charge in [0.2, 0.25) is 5.91 Å². The summed E-state index contributed by atoms with van der Waals surface area (Å²) < 4.78 is 5.57. The number of amides is 2. The Bertz CT molecular complexity index is 888. The zero-order chi connectivity index (χ0) is 20.9. The number of benzene rings is 1. The number of nitrogens with zero attached hydrogens (tertiary/aromatic N) is 1. The number of rotatable bonds is 7. The van der Waals surface area contributed by atoms with Crippen molar-refractivity contribution in [2.24, 2.45) is 0 Å². The van der Waals surface area contributed by atoms with Crippen molar-refractivity contribution in [2.75, 3.05) is 18.9 Å². The molecule has 3 unspecified atom stereocenters. The highest BCUT2D eigenvalue weighted by atomic mass is 32.2. The molecule has 4 rings (SSSR count). The van der Waals surface area contributed by atoms with Crippen molar-refractivity contribution in [1.82, 2.24) is 10.2 Å². The van der Waals surface area contributed by atoms with Gasteiger partial charge in [0.1, 0.15) is 18.7 Å². The lowest BCUT2D eigenvalue weighted by Crippen LogP contribution is -2.58. The van der Waals surface area contributed by atoms with Crippen molar-refractivity contribution in [3.05, 3.63) is 58.3 Å². The van der Waals surface area contributed by atoms with Crippen LogP contribution in [0.1, 0.15) is 28.8 Å². The van der Waals surface area contributed by atoms with E-state index in [1.54, 1.807) is 28.1 Å². The van der Waals surface area contributed by atoms with Gasteiger partial charge < -0.3 is 15.0 Å². The minimum absolute atomic E-state index is 0.0482. The average molecular weight is 445 g/mol. The quantitative estimate of drug-likeness (QED) is 0.711. The van der Waals surface area contributed by atoms with Crippen molar-refractivity contribution in [3.8, 4) is 0 Å². The Morgan fingerprint density at radius 1 is 1.27 bits per heavy atom. The van der Waals surface area contributed by atoms with Crippen LogP contribution in [0.4, 0.5) is 0 Å². The number of carbonyl (C=O) groups excluding carboxylic acids is 3. The lowest BCUT2D eigenvalue weighted by atomic mass is 9.97. The van der Waals surface area contributed by atoms with Crippen molar-refractivity contribution in [3.63, 3.8) is 0 Å². The molecular formula is C22H24N2O4S2. The molecule has 30 heavy (non-hydrogen) atoms. The van der Waals surface area contributed by atoms with Gasteiger partial charge in [-0.15, -0.1) is 0 Å². The fraction of sp³-hybridized carbons (Fsp3) is 0.409. The summed E-state index contributed by atoms with van der Waals surface area (Å²) in [6.45, 7) is 0.580. The van der Waals surface area contributed by atoms with Gasteiger partial charge in [-0.25, -0.2) is 0 Å². The number of piperidine rings is 1. The van der Waals surface area contributed by atoms with Gasteiger partial charge in [-0.05, 0) is 29.9 Å². The van der Waals surface area contributed by atoms with Gasteiger partial charge in [-0.3, -0.25) is 14.4 Å². The molecule has 1 aromatic carbocycles. The summed E-state index contributed by atoms with van der Waals surface area (Å²) in [5.74, 6) is 0.664. The van der Waals surface area contributed by atoms with Crippen LogP contribution in [-0.2, 0) is 20.1 Å². The number of hydrogen-bond donors (Lipinski definition) is 1. The van der Waals surface area contributed by atoms with Gasteiger partial charge in [0.05, 0.1) is 11.7 Å². The van der Waals surface area contributed by atoms with E-state index in [1.807, 2.05) is 35.7 Å². The van der Waals surface area contributed by atoms with E-state index in [2.05, 4.69) is 5.32 Å². The average Bonchev–Trinajstić information content (AvgIpc) is 3.44. The zero-order valence-electron chi connectivity index (χ0n) is 16.5. The third-order valence-corrected chi connectivity index (χ3v) is 7.20. The third-order valence-electron chi connectivity index (χ3n) is 5.41. The Morgan fingerprint density at radius 2 is 2.10 bits per heavy atom. The fourth-order valence-corrected chi connectivity index (χ4v) is 5.56. The Labute approximate surface area is 184 Å². The molecule has 3 heterocycles. The molecule has 2 aliphatic rings. The first-order valence-corrected chi connectivity index (χ1v) is 12.1. The lowest BCUT2D eigenvalue weighted by molar-refractivity contribution is -0.141. The van der Waals surface area contributed by atoms with Crippen molar-refractivity contribution in [1.29, 1.82) is 0 Å².